The number of ether oxygens (including phenoxy) is 1. The van der Waals surface area contributed by atoms with Gasteiger partial charge in [0.05, 0.1) is 17.9 Å². The molecule has 1 N–H and O–H groups in total. The van der Waals surface area contributed by atoms with Crippen LogP contribution in [0.1, 0.15) is 19.5 Å². The van der Waals surface area contributed by atoms with Gasteiger partial charge in [-0.1, -0.05) is 19.1 Å². The predicted octanol–water partition coefficient (Wildman–Crippen LogP) is 2.85. The van der Waals surface area contributed by atoms with Gasteiger partial charge in [-0.05, 0) is 25.6 Å². The fourth-order valence-electron chi connectivity index (χ4n) is 1.69. The van der Waals surface area contributed by atoms with E-state index in [9.17, 15) is 0 Å². The molecule has 18 heavy (non-hydrogen) atoms. The molecule has 0 aliphatic carbocycles. The second-order valence-electron chi connectivity index (χ2n) is 3.85. The van der Waals surface area contributed by atoms with E-state index in [0.717, 1.165) is 30.1 Å². The van der Waals surface area contributed by atoms with E-state index >= 15 is 0 Å². The molecule has 4 nitrogen and oxygen atoms in total. The highest BCUT2D eigenvalue weighted by Crippen LogP contribution is 2.29. The zero-order valence-corrected chi connectivity index (χ0v) is 10.8. The van der Waals surface area contributed by atoms with Crippen LogP contribution in [0.3, 0.4) is 0 Å². The Kier molecular flexibility index (Phi) is 4.36. The third-order valence-corrected chi connectivity index (χ3v) is 2.53. The Morgan fingerprint density at radius 2 is 2.11 bits per heavy atom. The highest BCUT2D eigenvalue weighted by Gasteiger charge is 2.11. The van der Waals surface area contributed by atoms with Crippen molar-refractivity contribution in [2.75, 3.05) is 13.2 Å². The van der Waals surface area contributed by atoms with E-state index in [4.69, 9.17) is 9.15 Å². The third-order valence-electron chi connectivity index (χ3n) is 2.53. The topological polar surface area (TPSA) is 47.3 Å². The van der Waals surface area contributed by atoms with Crippen LogP contribution in [0.4, 0.5) is 0 Å². The van der Waals surface area contributed by atoms with Crippen molar-refractivity contribution in [3.8, 4) is 17.2 Å². The monoisotopic (exact) mass is 246 g/mol. The summed E-state index contributed by atoms with van der Waals surface area (Å²) >= 11 is 0. The van der Waals surface area contributed by atoms with Gasteiger partial charge in [0.15, 0.2) is 0 Å². The summed E-state index contributed by atoms with van der Waals surface area (Å²) < 4.78 is 11.1. The summed E-state index contributed by atoms with van der Waals surface area (Å²) in [5.74, 6) is 1.41. The first kappa shape index (κ1) is 12.6. The lowest BCUT2D eigenvalue weighted by atomic mass is 10.2. The summed E-state index contributed by atoms with van der Waals surface area (Å²) in [6, 6.07) is 7.77. The lowest BCUT2D eigenvalue weighted by Crippen LogP contribution is -2.11. The molecule has 0 amide bonds. The van der Waals surface area contributed by atoms with Crippen LogP contribution >= 0.6 is 0 Å². The normalized spacial score (nSPS) is 10.6. The fraction of sp³-hybridized carbons (Fsp3) is 0.357. The standard InChI is InChI=1S/C14H18N2O2/c1-3-15-9-11-10-18-14(16-11)12-7-5-6-8-13(12)17-4-2/h5-8,10,15H,3-4,9H2,1-2H3. The van der Waals surface area contributed by atoms with Crippen molar-refractivity contribution in [2.24, 2.45) is 0 Å². The number of nitrogens with zero attached hydrogens (tertiary/aromatic N) is 1. The first-order chi connectivity index (χ1) is 8.85. The maximum Gasteiger partial charge on any atom is 0.229 e. The van der Waals surface area contributed by atoms with Crippen LogP contribution in [0, 0.1) is 0 Å². The molecule has 96 valence electrons. The van der Waals surface area contributed by atoms with Gasteiger partial charge in [0.1, 0.15) is 12.0 Å². The summed E-state index contributed by atoms with van der Waals surface area (Å²) in [7, 11) is 0. The zero-order valence-electron chi connectivity index (χ0n) is 10.8. The highest BCUT2D eigenvalue weighted by molar-refractivity contribution is 5.62. The Morgan fingerprint density at radius 3 is 2.89 bits per heavy atom. The number of rotatable bonds is 6. The fourth-order valence-corrected chi connectivity index (χ4v) is 1.69. The Morgan fingerprint density at radius 1 is 1.28 bits per heavy atom. The molecule has 0 saturated heterocycles. The minimum atomic E-state index is 0.604. The van der Waals surface area contributed by atoms with Crippen molar-refractivity contribution >= 4 is 0 Å². The molecule has 4 heteroatoms. The zero-order chi connectivity index (χ0) is 12.8. The van der Waals surface area contributed by atoms with Crippen molar-refractivity contribution in [3.05, 3.63) is 36.2 Å². The maximum absolute atomic E-state index is 5.57. The molecule has 0 radical (unpaired) electrons. The van der Waals surface area contributed by atoms with E-state index in [1.54, 1.807) is 6.26 Å². The first-order valence-corrected chi connectivity index (χ1v) is 6.22. The van der Waals surface area contributed by atoms with Crippen molar-refractivity contribution in [2.45, 2.75) is 20.4 Å². The SMILES string of the molecule is CCNCc1coc(-c2ccccc2OCC)n1. The third kappa shape index (κ3) is 2.90. The van der Waals surface area contributed by atoms with Crippen LogP contribution in [0.25, 0.3) is 11.5 Å². The summed E-state index contributed by atoms with van der Waals surface area (Å²) in [5.41, 5.74) is 1.79. The summed E-state index contributed by atoms with van der Waals surface area (Å²) in [6.07, 6.45) is 1.68. The van der Waals surface area contributed by atoms with Gasteiger partial charge in [0, 0.05) is 6.54 Å². The molecule has 1 heterocycles. The quantitative estimate of drug-likeness (QED) is 0.851. The van der Waals surface area contributed by atoms with Crippen LogP contribution in [-0.2, 0) is 6.54 Å². The van der Waals surface area contributed by atoms with Crippen LogP contribution in [0.5, 0.6) is 5.75 Å². The molecule has 0 saturated carbocycles. The second kappa shape index (κ2) is 6.21. The van der Waals surface area contributed by atoms with Crippen LogP contribution < -0.4 is 10.1 Å². The summed E-state index contributed by atoms with van der Waals surface area (Å²) in [6.45, 7) is 6.28. The molecule has 2 aromatic rings. The minimum Gasteiger partial charge on any atom is -0.493 e. The van der Waals surface area contributed by atoms with Crippen molar-refractivity contribution in [1.82, 2.24) is 10.3 Å². The smallest absolute Gasteiger partial charge is 0.229 e. The van der Waals surface area contributed by atoms with E-state index in [2.05, 4.69) is 17.2 Å². The summed E-state index contributed by atoms with van der Waals surface area (Å²) in [4.78, 5) is 4.45. The van der Waals surface area contributed by atoms with E-state index in [1.807, 2.05) is 31.2 Å². The van der Waals surface area contributed by atoms with E-state index in [1.165, 1.54) is 0 Å². The molecule has 0 spiro atoms. The van der Waals surface area contributed by atoms with Gasteiger partial charge in [-0.15, -0.1) is 0 Å². The van der Waals surface area contributed by atoms with E-state index < -0.39 is 0 Å². The highest BCUT2D eigenvalue weighted by atomic mass is 16.5. The van der Waals surface area contributed by atoms with Crippen LogP contribution in [-0.4, -0.2) is 18.1 Å². The second-order valence-corrected chi connectivity index (χ2v) is 3.85. The largest absolute Gasteiger partial charge is 0.493 e. The van der Waals surface area contributed by atoms with Crippen molar-refractivity contribution in [3.63, 3.8) is 0 Å². The number of oxazole rings is 1. The van der Waals surface area contributed by atoms with Gasteiger partial charge in [0.25, 0.3) is 0 Å². The summed E-state index contributed by atoms with van der Waals surface area (Å²) in [5, 5.41) is 3.22. The molecule has 0 aliphatic heterocycles. The van der Waals surface area contributed by atoms with Crippen LogP contribution in [0.15, 0.2) is 34.9 Å². The molecule has 0 atom stereocenters. The molecule has 1 aromatic carbocycles. The number of aromatic nitrogens is 1. The number of hydrogen-bond acceptors (Lipinski definition) is 4. The number of nitrogens with one attached hydrogen (secondary N) is 1. The van der Waals surface area contributed by atoms with Crippen molar-refractivity contribution in [1.29, 1.82) is 0 Å². The predicted molar refractivity (Wildman–Crippen MR) is 70.5 cm³/mol. The van der Waals surface area contributed by atoms with Gasteiger partial charge < -0.3 is 14.5 Å². The van der Waals surface area contributed by atoms with Crippen LogP contribution in [0.2, 0.25) is 0 Å². The molecule has 0 bridgehead atoms. The molecule has 1 aromatic heterocycles. The Hall–Kier alpha value is -1.81. The number of hydrogen-bond donors (Lipinski definition) is 1. The number of para-hydroxylation sites is 1. The van der Waals surface area contributed by atoms with Gasteiger partial charge in [-0.3, -0.25) is 0 Å². The molecular formula is C14H18N2O2. The van der Waals surface area contributed by atoms with E-state index in [0.29, 0.717) is 12.5 Å². The average Bonchev–Trinajstić information content (AvgIpc) is 2.86. The molecule has 0 aliphatic rings. The van der Waals surface area contributed by atoms with Crippen molar-refractivity contribution < 1.29 is 9.15 Å². The van der Waals surface area contributed by atoms with E-state index in [-0.39, 0.29) is 0 Å². The molecule has 0 unspecified atom stereocenters. The molecule has 0 fully saturated rings. The molecule has 2 rings (SSSR count). The molecular weight excluding hydrogens is 228 g/mol. The van der Waals surface area contributed by atoms with Gasteiger partial charge in [-0.2, -0.15) is 0 Å². The minimum absolute atomic E-state index is 0.604. The van der Waals surface area contributed by atoms with Gasteiger partial charge in [-0.25, -0.2) is 4.98 Å². The lowest BCUT2D eigenvalue weighted by molar-refractivity contribution is 0.340. The Labute approximate surface area is 107 Å². The Balaban J connectivity index is 2.22. The Bertz CT molecular complexity index is 494. The average molecular weight is 246 g/mol. The lowest BCUT2D eigenvalue weighted by Gasteiger charge is -2.06. The van der Waals surface area contributed by atoms with Gasteiger partial charge in [0.2, 0.25) is 5.89 Å². The maximum atomic E-state index is 5.57. The van der Waals surface area contributed by atoms with Gasteiger partial charge >= 0.3 is 0 Å². The first-order valence-electron chi connectivity index (χ1n) is 6.22. The number of benzene rings is 1.